The molecular weight excluding hydrogens is 497 g/mol. The number of nitrogens with zero attached hydrogens (tertiary/aromatic N) is 2. The highest BCUT2D eigenvalue weighted by molar-refractivity contribution is 7.92. The first-order valence-electron chi connectivity index (χ1n) is 10.9. The zero-order valence-electron chi connectivity index (χ0n) is 20.0. The maximum Gasteiger partial charge on any atom is 0.244 e. The van der Waals surface area contributed by atoms with Crippen molar-refractivity contribution in [2.24, 2.45) is 0 Å². The summed E-state index contributed by atoms with van der Waals surface area (Å²) in [6.07, 6.45) is 1.74. The molecule has 0 radical (unpaired) electrons. The number of rotatable bonds is 10. The minimum Gasteiger partial charge on any atom is -0.352 e. The molecule has 186 valence electrons. The predicted molar refractivity (Wildman–Crippen MR) is 138 cm³/mol. The normalized spacial score (nSPS) is 13.1. The monoisotopic (exact) mass is 527 g/mol. The Hall–Kier alpha value is -2.29. The Morgan fingerprint density at radius 2 is 1.65 bits per heavy atom. The number of aryl methyl sites for hydroxylation is 1. The number of nitrogens with one attached hydrogen (secondary N) is 1. The van der Waals surface area contributed by atoms with Gasteiger partial charge >= 0.3 is 0 Å². The van der Waals surface area contributed by atoms with Crippen LogP contribution in [0.3, 0.4) is 0 Å². The fourth-order valence-corrected chi connectivity index (χ4v) is 4.66. The van der Waals surface area contributed by atoms with Crippen LogP contribution in [0, 0.1) is 6.92 Å². The Morgan fingerprint density at radius 1 is 1.06 bits per heavy atom. The number of sulfonamides is 1. The van der Waals surface area contributed by atoms with Gasteiger partial charge < -0.3 is 10.2 Å². The summed E-state index contributed by atoms with van der Waals surface area (Å²) in [5.74, 6) is -0.843. The Bertz CT molecular complexity index is 1120. The molecule has 1 N–H and O–H groups in total. The average molecular weight is 529 g/mol. The van der Waals surface area contributed by atoms with Gasteiger partial charge in [0.2, 0.25) is 21.8 Å². The number of amides is 2. The number of carbonyl (C=O) groups is 2. The van der Waals surface area contributed by atoms with Crippen molar-refractivity contribution in [3.8, 4) is 0 Å². The van der Waals surface area contributed by atoms with Gasteiger partial charge in [-0.05, 0) is 56.5 Å². The molecule has 0 aromatic heterocycles. The van der Waals surface area contributed by atoms with E-state index < -0.39 is 28.5 Å². The summed E-state index contributed by atoms with van der Waals surface area (Å²) in [6.45, 7) is 7.02. The van der Waals surface area contributed by atoms with Gasteiger partial charge in [0.05, 0.1) is 11.9 Å². The summed E-state index contributed by atoms with van der Waals surface area (Å²) < 4.78 is 26.1. The summed E-state index contributed by atoms with van der Waals surface area (Å²) in [4.78, 5) is 27.8. The van der Waals surface area contributed by atoms with Gasteiger partial charge in [-0.3, -0.25) is 13.9 Å². The van der Waals surface area contributed by atoms with Crippen LogP contribution >= 0.6 is 23.2 Å². The molecular formula is C24H31Cl2N3O4S. The molecule has 2 aromatic carbocycles. The van der Waals surface area contributed by atoms with Gasteiger partial charge in [-0.2, -0.15) is 0 Å². The summed E-state index contributed by atoms with van der Waals surface area (Å²) in [5, 5.41) is 3.37. The lowest BCUT2D eigenvalue weighted by Gasteiger charge is -2.32. The Kier molecular flexibility index (Phi) is 9.79. The zero-order valence-corrected chi connectivity index (χ0v) is 22.3. The topological polar surface area (TPSA) is 86.8 Å². The lowest BCUT2D eigenvalue weighted by atomic mass is 10.1. The Morgan fingerprint density at radius 3 is 2.18 bits per heavy atom. The molecule has 0 saturated carbocycles. The van der Waals surface area contributed by atoms with E-state index >= 15 is 0 Å². The van der Waals surface area contributed by atoms with Crippen molar-refractivity contribution in [1.29, 1.82) is 0 Å². The average Bonchev–Trinajstić information content (AvgIpc) is 2.74. The molecule has 0 heterocycles. The molecule has 2 aromatic rings. The third-order valence-electron chi connectivity index (χ3n) is 5.58. The third-order valence-corrected chi connectivity index (χ3v) is 7.16. The minimum absolute atomic E-state index is 0.0634. The molecule has 34 heavy (non-hydrogen) atoms. The predicted octanol–water partition coefficient (Wildman–Crippen LogP) is 4.40. The molecule has 2 amide bonds. The minimum atomic E-state index is -3.86. The lowest BCUT2D eigenvalue weighted by Crippen LogP contribution is -2.52. The first-order valence-corrected chi connectivity index (χ1v) is 13.5. The van der Waals surface area contributed by atoms with E-state index in [1.807, 2.05) is 45.0 Å². The molecule has 7 nitrogen and oxygen atoms in total. The molecule has 0 aliphatic heterocycles. The van der Waals surface area contributed by atoms with Gasteiger partial charge in [0.25, 0.3) is 0 Å². The lowest BCUT2D eigenvalue weighted by molar-refractivity contribution is -0.139. The molecule has 0 aliphatic carbocycles. The van der Waals surface area contributed by atoms with Gasteiger partial charge in [-0.25, -0.2) is 8.42 Å². The van der Waals surface area contributed by atoms with Crippen LogP contribution in [0.1, 0.15) is 38.3 Å². The third kappa shape index (κ3) is 7.61. The molecule has 2 rings (SSSR count). The van der Waals surface area contributed by atoms with E-state index in [2.05, 4.69) is 5.32 Å². The van der Waals surface area contributed by atoms with E-state index in [1.165, 1.54) is 23.1 Å². The van der Waals surface area contributed by atoms with E-state index in [1.54, 1.807) is 6.92 Å². The van der Waals surface area contributed by atoms with Gasteiger partial charge in [0.1, 0.15) is 12.6 Å². The van der Waals surface area contributed by atoms with Gasteiger partial charge in [-0.15, -0.1) is 0 Å². The van der Waals surface area contributed by atoms with Gasteiger partial charge in [-0.1, -0.05) is 54.4 Å². The summed E-state index contributed by atoms with van der Waals surface area (Å²) in [7, 11) is -3.86. The first-order chi connectivity index (χ1) is 15.8. The van der Waals surface area contributed by atoms with Crippen molar-refractivity contribution >= 4 is 50.7 Å². The second kappa shape index (κ2) is 11.9. The van der Waals surface area contributed by atoms with E-state index in [0.29, 0.717) is 0 Å². The number of carbonyl (C=O) groups excluding carboxylic acids is 2. The second-order valence-electron chi connectivity index (χ2n) is 8.34. The quantitative estimate of drug-likeness (QED) is 0.495. The van der Waals surface area contributed by atoms with Crippen molar-refractivity contribution in [2.75, 3.05) is 17.1 Å². The van der Waals surface area contributed by atoms with Gasteiger partial charge in [0, 0.05) is 22.6 Å². The van der Waals surface area contributed by atoms with Crippen LogP contribution in [-0.4, -0.2) is 50.0 Å². The second-order valence-corrected chi connectivity index (χ2v) is 11.1. The zero-order chi connectivity index (χ0) is 25.6. The van der Waals surface area contributed by atoms with Crippen molar-refractivity contribution in [3.63, 3.8) is 0 Å². The SMILES string of the molecule is CC[C@H](C)NC(=O)[C@H](C)N(Cc1ccccc1C)C(=O)CN(c1cc(Cl)cc(Cl)c1)S(C)(=O)=O. The van der Waals surface area contributed by atoms with E-state index in [4.69, 9.17) is 23.2 Å². The number of benzene rings is 2. The van der Waals surface area contributed by atoms with Crippen molar-refractivity contribution < 1.29 is 18.0 Å². The highest BCUT2D eigenvalue weighted by Gasteiger charge is 2.30. The highest BCUT2D eigenvalue weighted by atomic mass is 35.5. The largest absolute Gasteiger partial charge is 0.352 e. The number of hydrogen-bond donors (Lipinski definition) is 1. The van der Waals surface area contributed by atoms with Crippen LogP contribution in [0.15, 0.2) is 42.5 Å². The maximum atomic E-state index is 13.5. The smallest absolute Gasteiger partial charge is 0.244 e. The molecule has 2 atom stereocenters. The molecule has 0 aliphatic rings. The van der Waals surface area contributed by atoms with Crippen molar-refractivity contribution in [3.05, 3.63) is 63.6 Å². The van der Waals surface area contributed by atoms with Gasteiger partial charge in [0.15, 0.2) is 0 Å². The maximum absolute atomic E-state index is 13.5. The molecule has 10 heteroatoms. The molecule has 0 spiro atoms. The molecule has 0 bridgehead atoms. The summed E-state index contributed by atoms with van der Waals surface area (Å²) in [5.41, 5.74) is 1.98. The fraction of sp³-hybridized carbons (Fsp3) is 0.417. The van der Waals surface area contributed by atoms with Crippen LogP contribution < -0.4 is 9.62 Å². The fourth-order valence-electron chi connectivity index (χ4n) is 3.32. The first kappa shape index (κ1) is 28.0. The van der Waals surface area contributed by atoms with E-state index in [-0.39, 0.29) is 34.2 Å². The molecule has 0 unspecified atom stereocenters. The van der Waals surface area contributed by atoms with Crippen LogP contribution in [0.5, 0.6) is 0 Å². The summed E-state index contributed by atoms with van der Waals surface area (Å²) in [6, 6.07) is 11.0. The van der Waals surface area contributed by atoms with E-state index in [9.17, 15) is 18.0 Å². The van der Waals surface area contributed by atoms with Crippen LogP contribution in [0.2, 0.25) is 10.0 Å². The Balaban J connectivity index is 2.43. The van der Waals surface area contributed by atoms with E-state index in [0.717, 1.165) is 28.1 Å². The van der Waals surface area contributed by atoms with Crippen molar-refractivity contribution in [2.45, 2.75) is 52.7 Å². The Labute approximate surface area is 212 Å². The van der Waals surface area contributed by atoms with Crippen LogP contribution in [0.4, 0.5) is 5.69 Å². The summed E-state index contributed by atoms with van der Waals surface area (Å²) >= 11 is 12.1. The van der Waals surface area contributed by atoms with Crippen LogP contribution in [-0.2, 0) is 26.2 Å². The molecule has 0 fully saturated rings. The standard InChI is InChI=1S/C24H31Cl2N3O4S/c1-6-17(3)27-24(31)18(4)28(14-19-10-8-7-9-16(19)2)23(30)15-29(34(5,32)33)22-12-20(25)11-21(26)13-22/h7-13,17-18H,6,14-15H2,1-5H3,(H,27,31)/t17-,18-/m0/s1. The van der Waals surface area contributed by atoms with Crippen LogP contribution in [0.25, 0.3) is 0 Å². The number of anilines is 1. The molecule has 0 saturated heterocycles. The number of halogens is 2. The van der Waals surface area contributed by atoms with Crippen molar-refractivity contribution in [1.82, 2.24) is 10.2 Å². The number of hydrogen-bond acceptors (Lipinski definition) is 4. The highest BCUT2D eigenvalue weighted by Crippen LogP contribution is 2.27.